The quantitative estimate of drug-likeness (QED) is 0.844. The van der Waals surface area contributed by atoms with Crippen LogP contribution < -0.4 is 5.32 Å². The molecule has 1 rings (SSSR count). The van der Waals surface area contributed by atoms with Crippen molar-refractivity contribution in [2.24, 2.45) is 5.92 Å². The lowest BCUT2D eigenvalue weighted by Gasteiger charge is -2.11. The van der Waals surface area contributed by atoms with Crippen molar-refractivity contribution in [3.8, 4) is 6.07 Å². The van der Waals surface area contributed by atoms with Crippen LogP contribution >= 0.6 is 0 Å². The van der Waals surface area contributed by atoms with Crippen LogP contribution in [0.25, 0.3) is 0 Å². The number of rotatable bonds is 4. The van der Waals surface area contributed by atoms with Gasteiger partial charge in [-0.2, -0.15) is 18.4 Å². The normalized spacial score (nSPS) is 13.1. The first-order valence-electron chi connectivity index (χ1n) is 5.30. The highest BCUT2D eigenvalue weighted by Crippen LogP contribution is 2.31. The number of nitrogens with one attached hydrogen (secondary N) is 1. The Morgan fingerprint density at radius 2 is 2.06 bits per heavy atom. The number of benzene rings is 1. The monoisotopic (exact) mass is 260 g/mol. The minimum atomic E-state index is -4.69. The molecule has 0 saturated carbocycles. The van der Waals surface area contributed by atoms with Gasteiger partial charge in [-0.05, 0) is 24.6 Å². The molecule has 18 heavy (non-hydrogen) atoms. The van der Waals surface area contributed by atoms with Crippen molar-refractivity contribution in [2.45, 2.75) is 19.6 Å². The summed E-state index contributed by atoms with van der Waals surface area (Å²) in [5.41, 5.74) is -0.941. The zero-order chi connectivity index (χ0) is 13.8. The van der Waals surface area contributed by atoms with Crippen LogP contribution in [0, 0.1) is 23.1 Å². The molecule has 0 bridgehead atoms. The molecule has 0 aliphatic carbocycles. The maximum Gasteiger partial charge on any atom is 0.419 e. The summed E-state index contributed by atoms with van der Waals surface area (Å²) < 4.78 is 50.3. The van der Waals surface area contributed by atoms with Crippen LogP contribution in [-0.4, -0.2) is 6.54 Å². The second-order valence-corrected chi connectivity index (χ2v) is 3.97. The van der Waals surface area contributed by atoms with Crippen molar-refractivity contribution >= 4 is 0 Å². The van der Waals surface area contributed by atoms with Gasteiger partial charge >= 0.3 is 6.18 Å². The second-order valence-electron chi connectivity index (χ2n) is 3.97. The molecule has 0 amide bonds. The number of nitrogens with zero attached hydrogens (tertiary/aromatic N) is 1. The maximum atomic E-state index is 13.0. The fourth-order valence-electron chi connectivity index (χ4n) is 1.38. The molecule has 0 fully saturated rings. The summed E-state index contributed by atoms with van der Waals surface area (Å²) in [6.07, 6.45) is -4.69. The first-order valence-corrected chi connectivity index (χ1v) is 5.30. The molecular formula is C12H12F4N2. The number of alkyl halides is 3. The zero-order valence-corrected chi connectivity index (χ0v) is 9.68. The fourth-order valence-corrected chi connectivity index (χ4v) is 1.38. The number of nitriles is 1. The van der Waals surface area contributed by atoms with E-state index in [1.165, 1.54) is 6.07 Å². The van der Waals surface area contributed by atoms with Gasteiger partial charge < -0.3 is 5.32 Å². The highest BCUT2D eigenvalue weighted by Gasteiger charge is 2.34. The lowest BCUT2D eigenvalue weighted by atomic mass is 10.1. The molecule has 0 spiro atoms. The number of hydrogen-bond donors (Lipinski definition) is 1. The molecule has 0 aromatic heterocycles. The van der Waals surface area contributed by atoms with Crippen LogP contribution in [0.5, 0.6) is 0 Å². The third-order valence-electron chi connectivity index (χ3n) is 2.34. The summed E-state index contributed by atoms with van der Waals surface area (Å²) in [5.74, 6) is -1.51. The largest absolute Gasteiger partial charge is 0.419 e. The lowest BCUT2D eigenvalue weighted by Crippen LogP contribution is -2.20. The van der Waals surface area contributed by atoms with E-state index in [9.17, 15) is 17.6 Å². The van der Waals surface area contributed by atoms with E-state index in [4.69, 9.17) is 5.26 Å². The highest BCUT2D eigenvalue weighted by atomic mass is 19.4. The Balaban J connectivity index is 2.72. The van der Waals surface area contributed by atoms with Crippen molar-refractivity contribution < 1.29 is 17.6 Å². The molecule has 1 aromatic rings. The van der Waals surface area contributed by atoms with Gasteiger partial charge in [0.1, 0.15) is 5.82 Å². The predicted octanol–water partition coefficient (Wildman–Crippen LogP) is 3.09. The Labute approximate surface area is 102 Å². The van der Waals surface area contributed by atoms with Crippen LogP contribution in [0.3, 0.4) is 0 Å². The molecule has 6 heteroatoms. The van der Waals surface area contributed by atoms with E-state index < -0.39 is 17.6 Å². The molecule has 0 aliphatic rings. The molecule has 2 nitrogen and oxygen atoms in total. The Bertz CT molecular complexity index is 448. The topological polar surface area (TPSA) is 35.8 Å². The van der Waals surface area contributed by atoms with Gasteiger partial charge in [-0.3, -0.25) is 0 Å². The lowest BCUT2D eigenvalue weighted by molar-refractivity contribution is -0.140. The minimum Gasteiger partial charge on any atom is -0.311 e. The van der Waals surface area contributed by atoms with Crippen molar-refractivity contribution in [3.63, 3.8) is 0 Å². The minimum absolute atomic E-state index is 0.162. The van der Waals surface area contributed by atoms with E-state index in [1.54, 1.807) is 6.92 Å². The second kappa shape index (κ2) is 5.83. The van der Waals surface area contributed by atoms with E-state index in [0.29, 0.717) is 12.1 Å². The first-order chi connectivity index (χ1) is 8.34. The van der Waals surface area contributed by atoms with E-state index in [-0.39, 0.29) is 12.5 Å². The van der Waals surface area contributed by atoms with Crippen LogP contribution in [0.1, 0.15) is 18.1 Å². The van der Waals surface area contributed by atoms with Gasteiger partial charge in [0, 0.05) is 13.1 Å². The number of hydrogen-bond acceptors (Lipinski definition) is 2. The molecule has 0 saturated heterocycles. The molecule has 0 heterocycles. The standard InChI is InChI=1S/C12H12F4N2/c1-8(5-17)6-18-7-9-2-3-11(13)10(4-9)12(14,15)16/h2-4,8,18H,6-7H2,1H3. The zero-order valence-electron chi connectivity index (χ0n) is 9.68. The molecule has 1 atom stereocenters. The summed E-state index contributed by atoms with van der Waals surface area (Å²) in [6, 6.07) is 4.86. The van der Waals surface area contributed by atoms with Gasteiger partial charge in [0.15, 0.2) is 0 Å². The van der Waals surface area contributed by atoms with Crippen LogP contribution in [0.15, 0.2) is 18.2 Å². The third-order valence-corrected chi connectivity index (χ3v) is 2.34. The molecule has 1 N–H and O–H groups in total. The van der Waals surface area contributed by atoms with E-state index in [0.717, 1.165) is 12.1 Å². The smallest absolute Gasteiger partial charge is 0.311 e. The van der Waals surface area contributed by atoms with Crippen LogP contribution in [-0.2, 0) is 12.7 Å². The van der Waals surface area contributed by atoms with Gasteiger partial charge in [-0.15, -0.1) is 0 Å². The molecule has 1 aromatic carbocycles. The van der Waals surface area contributed by atoms with E-state index >= 15 is 0 Å². The summed E-state index contributed by atoms with van der Waals surface area (Å²) in [7, 11) is 0. The third kappa shape index (κ3) is 4.00. The van der Waals surface area contributed by atoms with Gasteiger partial charge in [0.05, 0.1) is 17.6 Å². The average molecular weight is 260 g/mol. The Hall–Kier alpha value is -1.61. The molecular weight excluding hydrogens is 248 g/mol. The first kappa shape index (κ1) is 14.5. The van der Waals surface area contributed by atoms with Gasteiger partial charge in [-0.1, -0.05) is 6.07 Å². The highest BCUT2D eigenvalue weighted by molar-refractivity contribution is 5.27. The van der Waals surface area contributed by atoms with Gasteiger partial charge in [-0.25, -0.2) is 4.39 Å². The Kier molecular flexibility index (Phi) is 4.68. The van der Waals surface area contributed by atoms with Crippen molar-refractivity contribution in [1.82, 2.24) is 5.32 Å². The molecule has 1 unspecified atom stereocenters. The predicted molar refractivity (Wildman–Crippen MR) is 57.9 cm³/mol. The molecule has 0 aliphatic heterocycles. The SMILES string of the molecule is CC(C#N)CNCc1ccc(F)c(C(F)(F)F)c1. The van der Waals surface area contributed by atoms with Gasteiger partial charge in [0.25, 0.3) is 0 Å². The van der Waals surface area contributed by atoms with Crippen LogP contribution in [0.4, 0.5) is 17.6 Å². The van der Waals surface area contributed by atoms with Gasteiger partial charge in [0.2, 0.25) is 0 Å². The van der Waals surface area contributed by atoms with E-state index in [1.807, 2.05) is 6.07 Å². The summed E-state index contributed by atoms with van der Waals surface area (Å²) >= 11 is 0. The molecule has 98 valence electrons. The summed E-state index contributed by atoms with van der Waals surface area (Å²) in [6.45, 7) is 2.23. The Morgan fingerprint density at radius 1 is 1.39 bits per heavy atom. The van der Waals surface area contributed by atoms with Crippen molar-refractivity contribution in [1.29, 1.82) is 5.26 Å². The summed E-state index contributed by atoms with van der Waals surface area (Å²) in [4.78, 5) is 0. The Morgan fingerprint density at radius 3 is 2.61 bits per heavy atom. The average Bonchev–Trinajstić information content (AvgIpc) is 2.29. The summed E-state index contributed by atoms with van der Waals surface area (Å²) in [5, 5.41) is 11.4. The van der Waals surface area contributed by atoms with Crippen molar-refractivity contribution in [3.05, 3.63) is 35.1 Å². The van der Waals surface area contributed by atoms with E-state index in [2.05, 4.69) is 5.32 Å². The van der Waals surface area contributed by atoms with Crippen molar-refractivity contribution in [2.75, 3.05) is 6.54 Å². The fraction of sp³-hybridized carbons (Fsp3) is 0.417. The van der Waals surface area contributed by atoms with Crippen LogP contribution in [0.2, 0.25) is 0 Å². The maximum absolute atomic E-state index is 13.0. The molecule has 0 radical (unpaired) electrons. The number of halogens is 4.